The van der Waals surface area contributed by atoms with Crippen LogP contribution in [0.15, 0.2) is 22.8 Å². The van der Waals surface area contributed by atoms with E-state index >= 15 is 0 Å². The smallest absolute Gasteiger partial charge is 0.246 e. The first-order chi connectivity index (χ1) is 8.13. The highest BCUT2D eigenvalue weighted by molar-refractivity contribution is 6.05. The summed E-state index contributed by atoms with van der Waals surface area (Å²) in [7, 11) is 1.51. The summed E-state index contributed by atoms with van der Waals surface area (Å²) >= 11 is 0. The van der Waals surface area contributed by atoms with E-state index in [0.717, 1.165) is 12.2 Å². The molecule has 0 bridgehead atoms. The van der Waals surface area contributed by atoms with Gasteiger partial charge in [0.05, 0.1) is 24.8 Å². The molecule has 0 saturated carbocycles. The maximum Gasteiger partial charge on any atom is 0.246 e. The maximum atomic E-state index is 11.7. The normalized spacial score (nSPS) is 22.2. The molecule has 0 spiro atoms. The van der Waals surface area contributed by atoms with E-state index in [9.17, 15) is 9.59 Å². The molecular formula is C12H16N2O3. The molecule has 17 heavy (non-hydrogen) atoms. The lowest BCUT2D eigenvalue weighted by Crippen LogP contribution is -2.39. The molecular weight excluding hydrogens is 220 g/mol. The van der Waals surface area contributed by atoms with Gasteiger partial charge in [-0.15, -0.1) is 0 Å². The number of hydrogen-bond donors (Lipinski definition) is 1. The van der Waals surface area contributed by atoms with Crippen molar-refractivity contribution in [3.05, 3.63) is 24.2 Å². The SMILES string of the molecule is CCC(NC1CC(=O)N(C)C1=O)c1ccco1. The van der Waals surface area contributed by atoms with Gasteiger partial charge in [-0.25, -0.2) is 0 Å². The Balaban J connectivity index is 2.05. The molecule has 1 aromatic rings. The Kier molecular flexibility index (Phi) is 3.28. The zero-order chi connectivity index (χ0) is 12.4. The lowest BCUT2D eigenvalue weighted by molar-refractivity contribution is -0.137. The molecule has 1 fully saturated rings. The van der Waals surface area contributed by atoms with Gasteiger partial charge in [0, 0.05) is 7.05 Å². The largest absolute Gasteiger partial charge is 0.468 e. The van der Waals surface area contributed by atoms with Crippen LogP contribution >= 0.6 is 0 Å². The van der Waals surface area contributed by atoms with Crippen LogP contribution in [0.4, 0.5) is 0 Å². The van der Waals surface area contributed by atoms with Crippen LogP contribution in [-0.4, -0.2) is 29.8 Å². The van der Waals surface area contributed by atoms with Crippen LogP contribution in [0.3, 0.4) is 0 Å². The van der Waals surface area contributed by atoms with E-state index in [1.165, 1.54) is 11.9 Å². The van der Waals surface area contributed by atoms with Crippen molar-refractivity contribution in [2.45, 2.75) is 31.8 Å². The molecule has 1 saturated heterocycles. The number of nitrogens with zero attached hydrogens (tertiary/aromatic N) is 1. The van der Waals surface area contributed by atoms with Crippen molar-refractivity contribution in [2.24, 2.45) is 0 Å². The van der Waals surface area contributed by atoms with E-state index in [1.807, 2.05) is 19.1 Å². The molecule has 5 nitrogen and oxygen atoms in total. The average Bonchev–Trinajstić information content (AvgIpc) is 2.92. The van der Waals surface area contributed by atoms with Gasteiger partial charge in [0.15, 0.2) is 0 Å². The Labute approximate surface area is 99.8 Å². The van der Waals surface area contributed by atoms with Crippen molar-refractivity contribution < 1.29 is 14.0 Å². The molecule has 2 atom stereocenters. The van der Waals surface area contributed by atoms with Crippen molar-refractivity contribution in [3.8, 4) is 0 Å². The zero-order valence-electron chi connectivity index (χ0n) is 9.97. The third kappa shape index (κ3) is 2.24. The van der Waals surface area contributed by atoms with E-state index in [-0.39, 0.29) is 24.3 Å². The molecule has 1 aromatic heterocycles. The van der Waals surface area contributed by atoms with Gasteiger partial charge in [-0.3, -0.25) is 19.8 Å². The Morgan fingerprint density at radius 2 is 2.35 bits per heavy atom. The number of carbonyl (C=O) groups excluding carboxylic acids is 2. The number of hydrogen-bond acceptors (Lipinski definition) is 4. The number of likely N-dealkylation sites (N-methyl/N-ethyl adjacent to an activating group) is 1. The van der Waals surface area contributed by atoms with Crippen LogP contribution in [0.1, 0.15) is 31.6 Å². The quantitative estimate of drug-likeness (QED) is 0.794. The summed E-state index contributed by atoms with van der Waals surface area (Å²) in [4.78, 5) is 24.3. The molecule has 1 aliphatic rings. The Bertz CT molecular complexity index is 413. The predicted molar refractivity (Wildman–Crippen MR) is 61.1 cm³/mol. The van der Waals surface area contributed by atoms with Gasteiger partial charge in [0.25, 0.3) is 0 Å². The molecule has 5 heteroatoms. The van der Waals surface area contributed by atoms with Crippen LogP contribution in [-0.2, 0) is 9.59 Å². The second kappa shape index (κ2) is 4.71. The number of imide groups is 1. The summed E-state index contributed by atoms with van der Waals surface area (Å²) in [5.41, 5.74) is 0. The molecule has 92 valence electrons. The van der Waals surface area contributed by atoms with Gasteiger partial charge in [-0.2, -0.15) is 0 Å². The summed E-state index contributed by atoms with van der Waals surface area (Å²) in [5.74, 6) is 0.490. The lowest BCUT2D eigenvalue weighted by Gasteiger charge is -2.18. The van der Waals surface area contributed by atoms with E-state index in [1.54, 1.807) is 6.26 Å². The van der Waals surface area contributed by atoms with Crippen molar-refractivity contribution in [1.29, 1.82) is 0 Å². The van der Waals surface area contributed by atoms with Crippen molar-refractivity contribution in [3.63, 3.8) is 0 Å². The number of amides is 2. The predicted octanol–water partition coefficient (Wildman–Crippen LogP) is 1.08. The third-order valence-corrected chi connectivity index (χ3v) is 3.08. The minimum atomic E-state index is -0.428. The van der Waals surface area contributed by atoms with E-state index < -0.39 is 6.04 Å². The van der Waals surface area contributed by atoms with Crippen LogP contribution < -0.4 is 5.32 Å². The van der Waals surface area contributed by atoms with E-state index in [2.05, 4.69) is 5.32 Å². The van der Waals surface area contributed by atoms with Gasteiger partial charge in [0.1, 0.15) is 5.76 Å². The highest BCUT2D eigenvalue weighted by Crippen LogP contribution is 2.20. The number of rotatable bonds is 4. The van der Waals surface area contributed by atoms with Crippen LogP contribution in [0.2, 0.25) is 0 Å². The van der Waals surface area contributed by atoms with E-state index in [4.69, 9.17) is 4.42 Å². The van der Waals surface area contributed by atoms with Crippen molar-refractivity contribution in [2.75, 3.05) is 7.05 Å². The van der Waals surface area contributed by atoms with Crippen molar-refractivity contribution in [1.82, 2.24) is 10.2 Å². The third-order valence-electron chi connectivity index (χ3n) is 3.08. The minimum Gasteiger partial charge on any atom is -0.468 e. The number of nitrogens with one attached hydrogen (secondary N) is 1. The van der Waals surface area contributed by atoms with Gasteiger partial charge in [-0.05, 0) is 18.6 Å². The van der Waals surface area contributed by atoms with Crippen LogP contribution in [0.25, 0.3) is 0 Å². The lowest BCUT2D eigenvalue weighted by atomic mass is 10.1. The second-order valence-electron chi connectivity index (χ2n) is 4.19. The molecule has 1 aliphatic heterocycles. The number of carbonyl (C=O) groups is 2. The first kappa shape index (κ1) is 11.9. The molecule has 0 radical (unpaired) electrons. The summed E-state index contributed by atoms with van der Waals surface area (Å²) in [6, 6.07) is 3.22. The zero-order valence-corrected chi connectivity index (χ0v) is 9.97. The monoisotopic (exact) mass is 236 g/mol. The molecule has 0 aliphatic carbocycles. The van der Waals surface area contributed by atoms with Gasteiger partial charge in [0.2, 0.25) is 11.8 Å². The highest BCUT2D eigenvalue weighted by atomic mass is 16.3. The number of furan rings is 1. The molecule has 1 N–H and O–H groups in total. The summed E-state index contributed by atoms with van der Waals surface area (Å²) < 4.78 is 5.31. The second-order valence-corrected chi connectivity index (χ2v) is 4.19. The first-order valence-corrected chi connectivity index (χ1v) is 5.73. The van der Waals surface area contributed by atoms with Gasteiger partial charge >= 0.3 is 0 Å². The molecule has 0 aromatic carbocycles. The Morgan fingerprint density at radius 3 is 2.82 bits per heavy atom. The topological polar surface area (TPSA) is 62.6 Å². The fraction of sp³-hybridized carbons (Fsp3) is 0.500. The molecule has 2 heterocycles. The number of likely N-dealkylation sites (tertiary alicyclic amines) is 1. The fourth-order valence-corrected chi connectivity index (χ4v) is 2.02. The molecule has 2 amide bonds. The standard InChI is InChI=1S/C12H16N2O3/c1-3-8(10-5-4-6-17-10)13-9-7-11(15)14(2)12(9)16/h4-6,8-9,13H,3,7H2,1-2H3. The van der Waals surface area contributed by atoms with E-state index in [0.29, 0.717) is 0 Å². The summed E-state index contributed by atoms with van der Waals surface area (Å²) in [6.07, 6.45) is 2.63. The first-order valence-electron chi connectivity index (χ1n) is 5.73. The summed E-state index contributed by atoms with van der Waals surface area (Å²) in [6.45, 7) is 2.01. The molecule has 2 rings (SSSR count). The van der Waals surface area contributed by atoms with Crippen molar-refractivity contribution >= 4 is 11.8 Å². The minimum absolute atomic E-state index is 0.0294. The van der Waals surface area contributed by atoms with Crippen LogP contribution in [0.5, 0.6) is 0 Å². The Hall–Kier alpha value is -1.62. The van der Waals surface area contributed by atoms with Gasteiger partial charge in [-0.1, -0.05) is 6.92 Å². The molecule has 2 unspecified atom stereocenters. The highest BCUT2D eigenvalue weighted by Gasteiger charge is 2.37. The Morgan fingerprint density at radius 1 is 1.59 bits per heavy atom. The average molecular weight is 236 g/mol. The fourth-order valence-electron chi connectivity index (χ4n) is 2.02. The maximum absolute atomic E-state index is 11.7. The van der Waals surface area contributed by atoms with Crippen LogP contribution in [0, 0.1) is 0 Å². The summed E-state index contributed by atoms with van der Waals surface area (Å²) in [5, 5.41) is 3.17. The van der Waals surface area contributed by atoms with Gasteiger partial charge < -0.3 is 4.42 Å².